The summed E-state index contributed by atoms with van der Waals surface area (Å²) < 4.78 is 5.19. The molecular weight excluding hydrogens is 306 g/mol. The molecular formula is C19H27NO4. The molecule has 5 nitrogen and oxygen atoms in total. The van der Waals surface area contributed by atoms with Gasteiger partial charge in [0.2, 0.25) is 5.91 Å². The molecule has 1 amide bonds. The van der Waals surface area contributed by atoms with Gasteiger partial charge in [0.15, 0.2) is 0 Å². The first-order chi connectivity index (χ1) is 11.3. The van der Waals surface area contributed by atoms with Crippen LogP contribution in [0.5, 0.6) is 5.75 Å². The van der Waals surface area contributed by atoms with Gasteiger partial charge in [-0.15, -0.1) is 0 Å². The fraction of sp³-hybridized carbons (Fsp3) is 0.579. The van der Waals surface area contributed by atoms with E-state index in [4.69, 9.17) is 4.74 Å². The smallest absolute Gasteiger partial charge is 0.309 e. The molecule has 0 heterocycles. The molecule has 1 aromatic rings. The molecule has 1 saturated carbocycles. The maximum absolute atomic E-state index is 12.9. The molecule has 132 valence electrons. The van der Waals surface area contributed by atoms with Crippen molar-refractivity contribution in [3.63, 3.8) is 0 Å². The van der Waals surface area contributed by atoms with Gasteiger partial charge >= 0.3 is 5.97 Å². The van der Waals surface area contributed by atoms with Crippen molar-refractivity contribution in [3.8, 4) is 5.75 Å². The number of amides is 1. The SMILES string of the molecule is COc1ccc(C2(C(=O)NCCC(C)(C)C(=O)O)CCCC2)cc1. The van der Waals surface area contributed by atoms with E-state index in [1.54, 1.807) is 21.0 Å². The van der Waals surface area contributed by atoms with Gasteiger partial charge < -0.3 is 15.2 Å². The molecule has 0 radical (unpaired) electrons. The van der Waals surface area contributed by atoms with Gasteiger partial charge in [0, 0.05) is 6.54 Å². The summed E-state index contributed by atoms with van der Waals surface area (Å²) in [5.41, 5.74) is -0.327. The summed E-state index contributed by atoms with van der Waals surface area (Å²) >= 11 is 0. The summed E-state index contributed by atoms with van der Waals surface area (Å²) in [6.45, 7) is 3.72. The van der Waals surface area contributed by atoms with Crippen molar-refractivity contribution in [3.05, 3.63) is 29.8 Å². The highest BCUT2D eigenvalue weighted by atomic mass is 16.5. The Hall–Kier alpha value is -2.04. The van der Waals surface area contributed by atoms with Crippen LogP contribution >= 0.6 is 0 Å². The largest absolute Gasteiger partial charge is 0.497 e. The number of hydrogen-bond donors (Lipinski definition) is 2. The van der Waals surface area contributed by atoms with Crippen LogP contribution in [0, 0.1) is 5.41 Å². The number of ether oxygens (including phenoxy) is 1. The Bertz CT molecular complexity index is 586. The van der Waals surface area contributed by atoms with Crippen LogP contribution in [0.1, 0.15) is 51.5 Å². The second-order valence-corrected chi connectivity index (χ2v) is 7.21. The van der Waals surface area contributed by atoms with E-state index < -0.39 is 16.8 Å². The zero-order chi connectivity index (χ0) is 17.8. The number of aliphatic carboxylic acids is 1. The van der Waals surface area contributed by atoms with Gasteiger partial charge in [-0.2, -0.15) is 0 Å². The molecule has 1 aliphatic carbocycles. The third kappa shape index (κ3) is 3.71. The highest BCUT2D eigenvalue weighted by molar-refractivity contribution is 5.88. The van der Waals surface area contributed by atoms with E-state index in [1.165, 1.54) is 0 Å². The molecule has 0 bridgehead atoms. The van der Waals surface area contributed by atoms with E-state index in [0.717, 1.165) is 37.0 Å². The number of carboxylic acid groups (broad SMARTS) is 1. The van der Waals surface area contributed by atoms with Crippen LogP contribution in [0.3, 0.4) is 0 Å². The standard InChI is InChI=1S/C19H27NO4/c1-18(2,17(22)23)12-13-20-16(21)19(10-4-5-11-19)14-6-8-15(24-3)9-7-14/h6-9H,4-5,10-13H2,1-3H3,(H,20,21)(H,22,23). The second kappa shape index (κ2) is 7.24. The van der Waals surface area contributed by atoms with Crippen molar-refractivity contribution in [2.75, 3.05) is 13.7 Å². The normalized spacial score (nSPS) is 16.6. The van der Waals surface area contributed by atoms with Gasteiger partial charge in [0.05, 0.1) is 17.9 Å². The van der Waals surface area contributed by atoms with E-state index in [2.05, 4.69) is 5.32 Å². The van der Waals surface area contributed by atoms with Gasteiger partial charge in [-0.3, -0.25) is 9.59 Å². The summed E-state index contributed by atoms with van der Waals surface area (Å²) in [6, 6.07) is 7.70. The maximum Gasteiger partial charge on any atom is 0.309 e. The molecule has 1 fully saturated rings. The molecule has 0 spiro atoms. The predicted octanol–water partition coefficient (Wildman–Crippen LogP) is 3.12. The zero-order valence-corrected chi connectivity index (χ0v) is 14.7. The maximum atomic E-state index is 12.9. The van der Waals surface area contributed by atoms with E-state index in [-0.39, 0.29) is 5.91 Å². The summed E-state index contributed by atoms with van der Waals surface area (Å²) in [7, 11) is 1.62. The Morgan fingerprint density at radius 1 is 1.21 bits per heavy atom. The first-order valence-corrected chi connectivity index (χ1v) is 8.48. The molecule has 0 saturated heterocycles. The molecule has 0 unspecified atom stereocenters. The van der Waals surface area contributed by atoms with Crippen LogP contribution in [0.2, 0.25) is 0 Å². The predicted molar refractivity (Wildman–Crippen MR) is 92.2 cm³/mol. The lowest BCUT2D eigenvalue weighted by atomic mass is 9.78. The average Bonchev–Trinajstić information content (AvgIpc) is 3.05. The Morgan fingerprint density at radius 2 is 1.79 bits per heavy atom. The Balaban J connectivity index is 2.09. The topological polar surface area (TPSA) is 75.6 Å². The fourth-order valence-electron chi connectivity index (χ4n) is 3.30. The van der Waals surface area contributed by atoms with Gasteiger partial charge in [0.1, 0.15) is 5.75 Å². The van der Waals surface area contributed by atoms with Crippen molar-refractivity contribution in [2.24, 2.45) is 5.41 Å². The quantitative estimate of drug-likeness (QED) is 0.804. The van der Waals surface area contributed by atoms with Crippen LogP contribution in [0.4, 0.5) is 0 Å². The Labute approximate surface area is 143 Å². The molecule has 0 aromatic heterocycles. The van der Waals surface area contributed by atoms with E-state index in [1.807, 2.05) is 24.3 Å². The number of hydrogen-bond acceptors (Lipinski definition) is 3. The number of carbonyl (C=O) groups is 2. The second-order valence-electron chi connectivity index (χ2n) is 7.21. The van der Waals surface area contributed by atoms with E-state index >= 15 is 0 Å². The monoisotopic (exact) mass is 333 g/mol. The first kappa shape index (κ1) is 18.3. The van der Waals surface area contributed by atoms with Crippen LogP contribution in [0.15, 0.2) is 24.3 Å². The number of carboxylic acids is 1. The minimum atomic E-state index is -0.845. The molecule has 5 heteroatoms. The molecule has 2 rings (SSSR count). The Morgan fingerprint density at radius 3 is 2.29 bits per heavy atom. The first-order valence-electron chi connectivity index (χ1n) is 8.48. The lowest BCUT2D eigenvalue weighted by Gasteiger charge is -2.29. The van der Waals surface area contributed by atoms with Crippen LogP contribution < -0.4 is 10.1 Å². The van der Waals surface area contributed by atoms with E-state index in [0.29, 0.717) is 13.0 Å². The van der Waals surface area contributed by atoms with Crippen LogP contribution in [-0.4, -0.2) is 30.6 Å². The Kier molecular flexibility index (Phi) is 5.52. The minimum absolute atomic E-state index is 0.00588. The zero-order valence-electron chi connectivity index (χ0n) is 14.7. The molecule has 1 aromatic carbocycles. The van der Waals surface area contributed by atoms with Gasteiger partial charge in [-0.1, -0.05) is 25.0 Å². The lowest BCUT2D eigenvalue weighted by Crippen LogP contribution is -2.44. The van der Waals surface area contributed by atoms with Crippen molar-refractivity contribution in [2.45, 2.75) is 51.4 Å². The third-order valence-electron chi connectivity index (χ3n) is 5.15. The van der Waals surface area contributed by atoms with Crippen molar-refractivity contribution in [1.82, 2.24) is 5.32 Å². The van der Waals surface area contributed by atoms with Gasteiger partial charge in [-0.25, -0.2) is 0 Å². The van der Waals surface area contributed by atoms with Crippen molar-refractivity contribution >= 4 is 11.9 Å². The number of nitrogens with one attached hydrogen (secondary N) is 1. The van der Waals surface area contributed by atoms with Crippen LogP contribution in [-0.2, 0) is 15.0 Å². The highest BCUT2D eigenvalue weighted by Crippen LogP contribution is 2.41. The average molecular weight is 333 g/mol. The summed E-state index contributed by atoms with van der Waals surface area (Å²) in [4.78, 5) is 24.1. The van der Waals surface area contributed by atoms with Gasteiger partial charge in [-0.05, 0) is 50.8 Å². The molecule has 0 aliphatic heterocycles. The molecule has 1 aliphatic rings. The number of methoxy groups -OCH3 is 1. The van der Waals surface area contributed by atoms with Crippen LogP contribution in [0.25, 0.3) is 0 Å². The third-order valence-corrected chi connectivity index (χ3v) is 5.15. The molecule has 2 N–H and O–H groups in total. The molecule has 24 heavy (non-hydrogen) atoms. The number of rotatable bonds is 7. The summed E-state index contributed by atoms with van der Waals surface area (Å²) in [5.74, 6) is -0.0654. The summed E-state index contributed by atoms with van der Waals surface area (Å²) in [5, 5.41) is 12.1. The summed E-state index contributed by atoms with van der Waals surface area (Å²) in [6.07, 6.45) is 4.12. The van der Waals surface area contributed by atoms with E-state index in [9.17, 15) is 14.7 Å². The number of benzene rings is 1. The van der Waals surface area contributed by atoms with Crippen molar-refractivity contribution < 1.29 is 19.4 Å². The highest BCUT2D eigenvalue weighted by Gasteiger charge is 2.42. The fourth-order valence-corrected chi connectivity index (χ4v) is 3.30. The minimum Gasteiger partial charge on any atom is -0.497 e. The van der Waals surface area contributed by atoms with Crippen molar-refractivity contribution in [1.29, 1.82) is 0 Å². The lowest BCUT2D eigenvalue weighted by molar-refractivity contribution is -0.147. The van der Waals surface area contributed by atoms with Gasteiger partial charge in [0.25, 0.3) is 0 Å². The molecule has 0 atom stereocenters. The number of carbonyl (C=O) groups excluding carboxylic acids is 1.